The van der Waals surface area contributed by atoms with Gasteiger partial charge in [0.1, 0.15) is 23.8 Å². The summed E-state index contributed by atoms with van der Waals surface area (Å²) in [6, 6.07) is 20.2. The standard InChI is InChI=1S/C28H21Cl2NO4S/c1-15(2)27-20(26(31-35-27)25-21(29)4-3-5-22(25)30)14-34-19-10-11-23-18(12-19)13-24(36-23)16-6-8-17(9-7-16)28(32)33/h3-13,15H,14H2,1-2H3,(H,32,33). The number of halogens is 2. The zero-order chi connectivity index (χ0) is 25.4. The van der Waals surface area contributed by atoms with Gasteiger partial charge in [-0.15, -0.1) is 11.3 Å². The molecule has 0 atom stereocenters. The van der Waals surface area contributed by atoms with Gasteiger partial charge in [-0.05, 0) is 59.5 Å². The average Bonchev–Trinajstić information content (AvgIpc) is 3.47. The highest BCUT2D eigenvalue weighted by Gasteiger charge is 2.24. The van der Waals surface area contributed by atoms with E-state index in [1.54, 1.807) is 41.7 Å². The van der Waals surface area contributed by atoms with Crippen LogP contribution in [0.1, 0.15) is 41.4 Å². The Morgan fingerprint density at radius 3 is 2.44 bits per heavy atom. The first-order chi connectivity index (χ1) is 17.3. The SMILES string of the molecule is CC(C)c1onc(-c2c(Cl)cccc2Cl)c1COc1ccc2sc(-c3ccc(C(=O)O)cc3)cc2c1. The average molecular weight is 538 g/mol. The summed E-state index contributed by atoms with van der Waals surface area (Å²) in [4.78, 5) is 12.2. The minimum Gasteiger partial charge on any atom is -0.489 e. The fourth-order valence-electron chi connectivity index (χ4n) is 4.02. The lowest BCUT2D eigenvalue weighted by Crippen LogP contribution is -2.01. The van der Waals surface area contributed by atoms with Crippen LogP contribution in [0.25, 0.3) is 31.8 Å². The van der Waals surface area contributed by atoms with Crippen molar-refractivity contribution in [2.24, 2.45) is 0 Å². The van der Waals surface area contributed by atoms with Gasteiger partial charge in [-0.1, -0.05) is 60.4 Å². The molecule has 0 aliphatic heterocycles. The molecule has 2 aromatic heterocycles. The third kappa shape index (κ3) is 4.72. The number of carboxylic acid groups (broad SMARTS) is 1. The largest absolute Gasteiger partial charge is 0.489 e. The van der Waals surface area contributed by atoms with Gasteiger partial charge < -0.3 is 14.4 Å². The molecule has 1 N–H and O–H groups in total. The fraction of sp³-hybridized carbons (Fsp3) is 0.143. The highest BCUT2D eigenvalue weighted by atomic mass is 35.5. The Kier molecular flexibility index (Phi) is 6.75. The number of thiophene rings is 1. The van der Waals surface area contributed by atoms with E-state index in [1.165, 1.54) is 0 Å². The second kappa shape index (κ2) is 9.97. The van der Waals surface area contributed by atoms with Gasteiger partial charge in [0.15, 0.2) is 0 Å². The molecule has 36 heavy (non-hydrogen) atoms. The van der Waals surface area contributed by atoms with Crippen molar-refractivity contribution in [3.05, 3.63) is 93.7 Å². The van der Waals surface area contributed by atoms with Gasteiger partial charge in [0.25, 0.3) is 0 Å². The number of hydrogen-bond acceptors (Lipinski definition) is 5. The Hall–Kier alpha value is -3.32. The van der Waals surface area contributed by atoms with Crippen LogP contribution in [0.2, 0.25) is 10.0 Å². The zero-order valence-electron chi connectivity index (χ0n) is 19.4. The molecule has 0 saturated carbocycles. The lowest BCUT2D eigenvalue weighted by Gasteiger charge is -2.11. The first kappa shape index (κ1) is 24.4. The predicted molar refractivity (Wildman–Crippen MR) is 145 cm³/mol. The number of hydrogen-bond donors (Lipinski definition) is 1. The molecular formula is C28H21Cl2NO4S. The lowest BCUT2D eigenvalue weighted by molar-refractivity contribution is 0.0697. The molecule has 0 spiro atoms. The number of fused-ring (bicyclic) bond motifs is 1. The summed E-state index contributed by atoms with van der Waals surface area (Å²) < 4.78 is 13.0. The topological polar surface area (TPSA) is 72.6 Å². The van der Waals surface area contributed by atoms with E-state index < -0.39 is 5.97 Å². The minimum atomic E-state index is -0.937. The van der Waals surface area contributed by atoms with E-state index in [2.05, 4.69) is 11.2 Å². The molecule has 182 valence electrons. The van der Waals surface area contributed by atoms with Crippen LogP contribution in [0.4, 0.5) is 0 Å². The number of ether oxygens (including phenoxy) is 1. The van der Waals surface area contributed by atoms with Crippen LogP contribution in [0, 0.1) is 0 Å². The number of aromatic nitrogens is 1. The van der Waals surface area contributed by atoms with Gasteiger partial charge in [0.2, 0.25) is 0 Å². The third-order valence-electron chi connectivity index (χ3n) is 5.83. The summed E-state index contributed by atoms with van der Waals surface area (Å²) in [6.07, 6.45) is 0. The van der Waals surface area contributed by atoms with Gasteiger partial charge >= 0.3 is 5.97 Å². The van der Waals surface area contributed by atoms with Crippen molar-refractivity contribution < 1.29 is 19.2 Å². The maximum atomic E-state index is 11.1. The first-order valence-corrected chi connectivity index (χ1v) is 12.8. The van der Waals surface area contributed by atoms with E-state index in [4.69, 9.17) is 37.6 Å². The molecule has 0 saturated heterocycles. The number of rotatable bonds is 7. The highest BCUT2D eigenvalue weighted by molar-refractivity contribution is 7.22. The Labute approximate surface area is 221 Å². The second-order valence-corrected chi connectivity index (χ2v) is 10.5. The number of carbonyl (C=O) groups is 1. The van der Waals surface area contributed by atoms with Gasteiger partial charge in [0.05, 0.1) is 21.2 Å². The van der Waals surface area contributed by atoms with E-state index in [1.807, 2.05) is 44.2 Å². The molecule has 3 aromatic carbocycles. The van der Waals surface area contributed by atoms with Crippen molar-refractivity contribution in [3.8, 4) is 27.4 Å². The van der Waals surface area contributed by atoms with Gasteiger partial charge in [0, 0.05) is 21.1 Å². The molecule has 5 nitrogen and oxygen atoms in total. The third-order valence-corrected chi connectivity index (χ3v) is 7.62. The van der Waals surface area contributed by atoms with Crippen molar-refractivity contribution >= 4 is 50.6 Å². The van der Waals surface area contributed by atoms with Crippen molar-refractivity contribution in [3.63, 3.8) is 0 Å². The minimum absolute atomic E-state index is 0.0977. The molecule has 2 heterocycles. The highest BCUT2D eigenvalue weighted by Crippen LogP contribution is 2.39. The maximum absolute atomic E-state index is 11.1. The number of aromatic carboxylic acids is 1. The van der Waals surface area contributed by atoms with Gasteiger partial charge in [-0.2, -0.15) is 0 Å². The molecule has 0 amide bonds. The van der Waals surface area contributed by atoms with E-state index in [0.717, 1.165) is 31.9 Å². The normalized spacial score (nSPS) is 11.4. The van der Waals surface area contributed by atoms with E-state index in [0.29, 0.717) is 27.1 Å². The molecule has 5 rings (SSSR count). The molecule has 5 aromatic rings. The quantitative estimate of drug-likeness (QED) is 0.224. The molecule has 8 heteroatoms. The van der Waals surface area contributed by atoms with E-state index in [9.17, 15) is 4.79 Å². The van der Waals surface area contributed by atoms with Crippen molar-refractivity contribution in [2.75, 3.05) is 0 Å². The summed E-state index contributed by atoms with van der Waals surface area (Å²) in [5.74, 6) is 0.596. The molecule has 0 fully saturated rings. The molecule has 0 unspecified atom stereocenters. The Morgan fingerprint density at radius 2 is 1.78 bits per heavy atom. The summed E-state index contributed by atoms with van der Waals surface area (Å²) in [7, 11) is 0. The second-order valence-electron chi connectivity index (χ2n) is 8.61. The maximum Gasteiger partial charge on any atom is 0.335 e. The van der Waals surface area contributed by atoms with E-state index in [-0.39, 0.29) is 18.1 Å². The van der Waals surface area contributed by atoms with Crippen LogP contribution < -0.4 is 4.74 Å². The summed E-state index contributed by atoms with van der Waals surface area (Å²) in [5, 5.41) is 15.5. The molecule has 0 aliphatic carbocycles. The lowest BCUT2D eigenvalue weighted by atomic mass is 10.0. The fourth-order valence-corrected chi connectivity index (χ4v) is 5.65. The Balaban J connectivity index is 1.43. The van der Waals surface area contributed by atoms with Crippen molar-refractivity contribution in [1.82, 2.24) is 5.16 Å². The van der Waals surface area contributed by atoms with Crippen LogP contribution in [0.5, 0.6) is 5.75 Å². The van der Waals surface area contributed by atoms with Crippen LogP contribution in [0.15, 0.2) is 71.3 Å². The van der Waals surface area contributed by atoms with Gasteiger partial charge in [-0.25, -0.2) is 4.79 Å². The number of carboxylic acids is 1. The molecule has 0 bridgehead atoms. The Bertz CT molecular complexity index is 1550. The van der Waals surface area contributed by atoms with Crippen molar-refractivity contribution in [2.45, 2.75) is 26.4 Å². The Morgan fingerprint density at radius 1 is 1.06 bits per heavy atom. The summed E-state index contributed by atoms with van der Waals surface area (Å²) >= 11 is 14.5. The molecule has 0 aliphatic rings. The van der Waals surface area contributed by atoms with Gasteiger partial charge in [-0.3, -0.25) is 0 Å². The monoisotopic (exact) mass is 537 g/mol. The molecular weight excluding hydrogens is 517 g/mol. The van der Waals surface area contributed by atoms with Crippen LogP contribution in [-0.2, 0) is 6.61 Å². The number of nitrogens with zero attached hydrogens (tertiary/aromatic N) is 1. The summed E-state index contributed by atoms with van der Waals surface area (Å²) in [5.41, 5.74) is 3.25. The first-order valence-electron chi connectivity index (χ1n) is 11.2. The van der Waals surface area contributed by atoms with Crippen LogP contribution in [-0.4, -0.2) is 16.2 Å². The van der Waals surface area contributed by atoms with E-state index >= 15 is 0 Å². The predicted octanol–water partition coefficient (Wildman–Crippen LogP) is 8.93. The van der Waals surface area contributed by atoms with Crippen LogP contribution >= 0.6 is 34.5 Å². The smallest absolute Gasteiger partial charge is 0.335 e. The van der Waals surface area contributed by atoms with Crippen molar-refractivity contribution in [1.29, 1.82) is 0 Å². The molecule has 0 radical (unpaired) electrons. The number of benzene rings is 3. The zero-order valence-corrected chi connectivity index (χ0v) is 21.7. The summed E-state index contributed by atoms with van der Waals surface area (Å²) in [6.45, 7) is 4.31. The van der Waals surface area contributed by atoms with Crippen LogP contribution in [0.3, 0.4) is 0 Å².